The van der Waals surface area contributed by atoms with Crippen molar-refractivity contribution in [2.75, 3.05) is 13.1 Å². The maximum Gasteiger partial charge on any atom is 0.175 e. The molecule has 0 unspecified atom stereocenters. The second-order valence-electron chi connectivity index (χ2n) is 6.99. The van der Waals surface area contributed by atoms with Gasteiger partial charge in [0.25, 0.3) is 0 Å². The predicted octanol–water partition coefficient (Wildman–Crippen LogP) is 3.23. The van der Waals surface area contributed by atoms with E-state index in [9.17, 15) is 4.79 Å². The summed E-state index contributed by atoms with van der Waals surface area (Å²) in [5, 5.41) is 0. The zero-order valence-corrected chi connectivity index (χ0v) is 14.9. The van der Waals surface area contributed by atoms with Gasteiger partial charge in [0.15, 0.2) is 5.54 Å². The van der Waals surface area contributed by atoms with Gasteiger partial charge in [0.1, 0.15) is 5.78 Å². The smallest absolute Gasteiger partial charge is 0.175 e. The van der Waals surface area contributed by atoms with Crippen LogP contribution in [0.3, 0.4) is 0 Å². The van der Waals surface area contributed by atoms with Gasteiger partial charge < -0.3 is 4.90 Å². The fraction of sp³-hybridized carbons (Fsp3) is 0.208. The average molecular weight is 342 g/mol. The molecule has 0 radical (unpaired) electrons. The first-order chi connectivity index (χ1) is 12.8. The first-order valence-electron chi connectivity index (χ1n) is 9.35. The van der Waals surface area contributed by atoms with Crippen LogP contribution in [0.2, 0.25) is 0 Å². The van der Waals surface area contributed by atoms with E-state index < -0.39 is 0 Å². The molecule has 1 N–H and O–H groups in total. The van der Waals surface area contributed by atoms with Gasteiger partial charge in [0.2, 0.25) is 0 Å². The second kappa shape index (κ2) is 7.27. The number of benzene rings is 3. The van der Waals surface area contributed by atoms with E-state index in [1.807, 2.05) is 0 Å². The monoisotopic (exact) mass is 342 g/mol. The molecule has 1 fully saturated rings. The van der Waals surface area contributed by atoms with Crippen LogP contribution < -0.4 is 4.90 Å². The third kappa shape index (κ3) is 2.87. The molecule has 0 saturated carbocycles. The van der Waals surface area contributed by atoms with Crippen LogP contribution in [0.15, 0.2) is 91.0 Å². The van der Waals surface area contributed by atoms with Crippen LogP contribution in [0, 0.1) is 0 Å². The Hall–Kier alpha value is -2.71. The molecule has 1 saturated heterocycles. The Labute approximate surface area is 155 Å². The van der Waals surface area contributed by atoms with Gasteiger partial charge in [0.05, 0.1) is 25.9 Å². The maximum absolute atomic E-state index is 11.9. The lowest BCUT2D eigenvalue weighted by molar-refractivity contribution is -0.948. The quantitative estimate of drug-likeness (QED) is 0.722. The second-order valence-corrected chi connectivity index (χ2v) is 6.99. The standard InChI is InChI=1S/C24H23NO/c26-23-16-18-25(19-17-23)24(20-10-4-1-5-11-20,21-12-6-2-7-13-21)22-14-8-3-9-15-22/h1-15H,16-19H2/p+1. The van der Waals surface area contributed by atoms with Crippen molar-refractivity contribution in [3.8, 4) is 0 Å². The molecular formula is C24H24NO+. The summed E-state index contributed by atoms with van der Waals surface area (Å²) in [6.45, 7) is 1.72. The molecule has 4 rings (SSSR count). The van der Waals surface area contributed by atoms with Crippen molar-refractivity contribution in [1.82, 2.24) is 0 Å². The van der Waals surface area contributed by atoms with Gasteiger partial charge in [-0.05, 0) is 0 Å². The molecule has 2 heteroatoms. The molecule has 0 atom stereocenters. The van der Waals surface area contributed by atoms with E-state index in [4.69, 9.17) is 0 Å². The van der Waals surface area contributed by atoms with Crippen LogP contribution in [-0.4, -0.2) is 18.9 Å². The van der Waals surface area contributed by atoms with E-state index in [0.717, 1.165) is 13.1 Å². The third-order valence-electron chi connectivity index (χ3n) is 5.56. The van der Waals surface area contributed by atoms with Crippen molar-refractivity contribution in [3.63, 3.8) is 0 Å². The summed E-state index contributed by atoms with van der Waals surface area (Å²) in [4.78, 5) is 13.4. The van der Waals surface area contributed by atoms with Gasteiger partial charge in [-0.25, -0.2) is 0 Å². The predicted molar refractivity (Wildman–Crippen MR) is 104 cm³/mol. The Bertz CT molecular complexity index is 752. The fourth-order valence-electron chi connectivity index (χ4n) is 4.38. The summed E-state index contributed by atoms with van der Waals surface area (Å²) in [6.07, 6.45) is 1.31. The number of hydrogen-bond donors (Lipinski definition) is 1. The van der Waals surface area contributed by atoms with E-state index in [-0.39, 0.29) is 5.54 Å². The minimum absolute atomic E-state index is 0.301. The first-order valence-corrected chi connectivity index (χ1v) is 9.35. The van der Waals surface area contributed by atoms with Crippen LogP contribution in [-0.2, 0) is 10.3 Å². The highest BCUT2D eigenvalue weighted by atomic mass is 16.1. The highest BCUT2D eigenvalue weighted by molar-refractivity contribution is 5.78. The normalized spacial score (nSPS) is 15.8. The van der Waals surface area contributed by atoms with E-state index >= 15 is 0 Å². The van der Waals surface area contributed by atoms with E-state index in [0.29, 0.717) is 18.6 Å². The Morgan fingerprint density at radius 1 is 0.577 bits per heavy atom. The molecule has 0 aromatic heterocycles. The van der Waals surface area contributed by atoms with Crippen molar-refractivity contribution in [2.24, 2.45) is 0 Å². The lowest BCUT2D eigenvalue weighted by Gasteiger charge is -2.43. The molecule has 3 aromatic carbocycles. The molecule has 3 aromatic rings. The molecule has 1 aliphatic rings. The molecule has 0 amide bonds. The molecule has 26 heavy (non-hydrogen) atoms. The van der Waals surface area contributed by atoms with Crippen LogP contribution in [0.4, 0.5) is 0 Å². The van der Waals surface area contributed by atoms with Crippen molar-refractivity contribution in [2.45, 2.75) is 18.4 Å². The summed E-state index contributed by atoms with van der Waals surface area (Å²) in [5.41, 5.74) is 3.54. The van der Waals surface area contributed by atoms with Gasteiger partial charge in [-0.2, -0.15) is 0 Å². The van der Waals surface area contributed by atoms with Gasteiger partial charge >= 0.3 is 0 Å². The average Bonchev–Trinajstić information content (AvgIpc) is 2.72. The van der Waals surface area contributed by atoms with Crippen molar-refractivity contribution < 1.29 is 9.69 Å². The maximum atomic E-state index is 11.9. The summed E-state index contributed by atoms with van der Waals surface area (Å²) in [6, 6.07) is 32.3. The first kappa shape index (κ1) is 16.7. The Morgan fingerprint density at radius 3 is 1.27 bits per heavy atom. The summed E-state index contributed by atoms with van der Waals surface area (Å²) in [7, 11) is 0. The Morgan fingerprint density at radius 2 is 0.923 bits per heavy atom. The number of quaternary nitrogens is 1. The molecule has 0 bridgehead atoms. The van der Waals surface area contributed by atoms with E-state index in [1.165, 1.54) is 21.6 Å². The number of ketones is 1. The number of Topliss-reactive ketones (excluding diaryl/α,β-unsaturated/α-hetero) is 1. The Balaban J connectivity index is 1.99. The molecule has 1 heterocycles. The van der Waals surface area contributed by atoms with E-state index in [2.05, 4.69) is 91.0 Å². The molecular weight excluding hydrogens is 318 g/mol. The van der Waals surface area contributed by atoms with Gasteiger partial charge in [-0.3, -0.25) is 4.79 Å². The summed E-state index contributed by atoms with van der Waals surface area (Å²) < 4.78 is 0. The van der Waals surface area contributed by atoms with Crippen LogP contribution in [0.25, 0.3) is 0 Å². The topological polar surface area (TPSA) is 21.5 Å². The highest BCUT2D eigenvalue weighted by Gasteiger charge is 2.47. The third-order valence-corrected chi connectivity index (χ3v) is 5.56. The van der Waals surface area contributed by atoms with Crippen LogP contribution in [0.5, 0.6) is 0 Å². The SMILES string of the molecule is O=C1CC[NH+](C(c2ccccc2)(c2ccccc2)c2ccccc2)CC1. The molecule has 0 aliphatic carbocycles. The molecule has 2 nitrogen and oxygen atoms in total. The minimum atomic E-state index is -0.301. The molecule has 1 aliphatic heterocycles. The lowest BCUT2D eigenvalue weighted by Crippen LogP contribution is -3.20. The number of piperidine rings is 1. The van der Waals surface area contributed by atoms with Crippen molar-refractivity contribution in [3.05, 3.63) is 108 Å². The number of likely N-dealkylation sites (tertiary alicyclic amines) is 1. The summed E-state index contributed by atoms with van der Waals surface area (Å²) >= 11 is 0. The number of nitrogens with one attached hydrogen (secondary N) is 1. The van der Waals surface area contributed by atoms with Gasteiger partial charge in [-0.1, -0.05) is 91.0 Å². The zero-order chi connectivity index (χ0) is 17.8. The van der Waals surface area contributed by atoms with Crippen LogP contribution >= 0.6 is 0 Å². The highest BCUT2D eigenvalue weighted by Crippen LogP contribution is 2.34. The van der Waals surface area contributed by atoms with Gasteiger partial charge in [-0.15, -0.1) is 0 Å². The molecule has 0 spiro atoms. The van der Waals surface area contributed by atoms with Crippen LogP contribution in [0.1, 0.15) is 29.5 Å². The zero-order valence-electron chi connectivity index (χ0n) is 14.9. The minimum Gasteiger partial charge on any atom is -0.318 e. The number of carbonyl (C=O) groups is 1. The number of carbonyl (C=O) groups excluding carboxylic acids is 1. The van der Waals surface area contributed by atoms with Gasteiger partial charge in [0, 0.05) is 16.7 Å². The number of rotatable bonds is 4. The summed E-state index contributed by atoms with van der Waals surface area (Å²) in [5.74, 6) is 0.386. The Kier molecular flexibility index (Phi) is 4.68. The lowest BCUT2D eigenvalue weighted by atomic mass is 9.74. The van der Waals surface area contributed by atoms with Crippen molar-refractivity contribution >= 4 is 5.78 Å². The van der Waals surface area contributed by atoms with Crippen molar-refractivity contribution in [1.29, 1.82) is 0 Å². The largest absolute Gasteiger partial charge is 0.318 e. The fourth-order valence-corrected chi connectivity index (χ4v) is 4.38. The number of hydrogen-bond acceptors (Lipinski definition) is 1. The molecule has 130 valence electrons. The van der Waals surface area contributed by atoms with E-state index in [1.54, 1.807) is 0 Å².